The van der Waals surface area contributed by atoms with Crippen LogP contribution in [-0.4, -0.2) is 29.8 Å². The van der Waals surface area contributed by atoms with Crippen LogP contribution in [0.25, 0.3) is 0 Å². The zero-order chi connectivity index (χ0) is 16.6. The molecular formula is C17H17FN2O2S. The summed E-state index contributed by atoms with van der Waals surface area (Å²) in [6.07, 6.45) is 0.245. The Morgan fingerprint density at radius 3 is 2.61 bits per heavy atom. The van der Waals surface area contributed by atoms with Crippen molar-refractivity contribution in [3.63, 3.8) is 0 Å². The second kappa shape index (κ2) is 6.12. The lowest BCUT2D eigenvalue weighted by molar-refractivity contribution is -0.127. The van der Waals surface area contributed by atoms with E-state index in [-0.39, 0.29) is 36.1 Å². The summed E-state index contributed by atoms with van der Waals surface area (Å²) >= 11 is 1.38. The number of halogens is 1. The molecule has 2 atom stereocenters. The lowest BCUT2D eigenvalue weighted by Gasteiger charge is -2.26. The minimum atomic E-state index is -0.327. The molecule has 1 aliphatic heterocycles. The standard InChI is InChI=1S/C17H17FN2O2S/c1-10-7-8-23-16(10)17(22)19-13-9-14(21)20(2)15(13)11-3-5-12(18)6-4-11/h3-8,13,15H,9H2,1-2H3,(H,19,22)/t13-,15+/m0/s1. The molecule has 0 radical (unpaired) electrons. The Morgan fingerprint density at radius 2 is 2.00 bits per heavy atom. The molecule has 1 fully saturated rings. The van der Waals surface area contributed by atoms with Crippen molar-refractivity contribution >= 4 is 23.2 Å². The highest BCUT2D eigenvalue weighted by atomic mass is 32.1. The number of hydrogen-bond donors (Lipinski definition) is 1. The second-order valence-electron chi connectivity index (χ2n) is 5.72. The van der Waals surface area contributed by atoms with Crippen molar-refractivity contribution in [3.8, 4) is 0 Å². The third-order valence-corrected chi connectivity index (χ3v) is 5.20. The first-order valence-corrected chi connectivity index (χ1v) is 8.21. The molecule has 1 aliphatic rings. The summed E-state index contributed by atoms with van der Waals surface area (Å²) in [4.78, 5) is 26.8. The lowest BCUT2D eigenvalue weighted by Crippen LogP contribution is -2.38. The highest BCUT2D eigenvalue weighted by Gasteiger charge is 2.39. The fourth-order valence-electron chi connectivity index (χ4n) is 2.95. The van der Waals surface area contributed by atoms with Gasteiger partial charge in [0.1, 0.15) is 5.82 Å². The first-order valence-electron chi connectivity index (χ1n) is 7.33. The van der Waals surface area contributed by atoms with Crippen molar-refractivity contribution in [1.82, 2.24) is 10.2 Å². The smallest absolute Gasteiger partial charge is 0.261 e. The fraction of sp³-hybridized carbons (Fsp3) is 0.294. The Kier molecular flexibility index (Phi) is 4.17. The molecule has 0 unspecified atom stereocenters. The van der Waals surface area contributed by atoms with E-state index in [1.165, 1.54) is 23.5 Å². The topological polar surface area (TPSA) is 49.4 Å². The molecule has 2 aromatic rings. The van der Waals surface area contributed by atoms with E-state index in [9.17, 15) is 14.0 Å². The van der Waals surface area contributed by atoms with E-state index >= 15 is 0 Å². The molecular weight excluding hydrogens is 315 g/mol. The van der Waals surface area contributed by atoms with Crippen LogP contribution < -0.4 is 5.32 Å². The predicted molar refractivity (Wildman–Crippen MR) is 86.8 cm³/mol. The van der Waals surface area contributed by atoms with Gasteiger partial charge in [0.15, 0.2) is 0 Å². The van der Waals surface area contributed by atoms with Crippen molar-refractivity contribution in [2.24, 2.45) is 0 Å². The summed E-state index contributed by atoms with van der Waals surface area (Å²) in [6.45, 7) is 1.88. The van der Waals surface area contributed by atoms with Crippen LogP contribution in [0.5, 0.6) is 0 Å². The van der Waals surface area contributed by atoms with Gasteiger partial charge in [-0.25, -0.2) is 4.39 Å². The molecule has 2 heterocycles. The Hall–Kier alpha value is -2.21. The van der Waals surface area contributed by atoms with Crippen LogP contribution in [0.3, 0.4) is 0 Å². The quantitative estimate of drug-likeness (QED) is 0.939. The summed E-state index contributed by atoms with van der Waals surface area (Å²) in [5.74, 6) is -0.527. The molecule has 1 N–H and O–H groups in total. The lowest BCUT2D eigenvalue weighted by atomic mass is 10.00. The molecule has 0 saturated carbocycles. The van der Waals surface area contributed by atoms with Crippen molar-refractivity contribution < 1.29 is 14.0 Å². The third-order valence-electron chi connectivity index (χ3n) is 4.18. The molecule has 6 heteroatoms. The van der Waals surface area contributed by atoms with Crippen LogP contribution in [0.2, 0.25) is 0 Å². The maximum absolute atomic E-state index is 13.1. The van der Waals surface area contributed by atoms with Gasteiger partial charge < -0.3 is 10.2 Å². The Morgan fingerprint density at radius 1 is 1.30 bits per heavy atom. The monoisotopic (exact) mass is 332 g/mol. The van der Waals surface area contributed by atoms with E-state index in [1.54, 1.807) is 24.1 Å². The predicted octanol–water partition coefficient (Wildman–Crippen LogP) is 2.90. The molecule has 3 rings (SSSR count). The zero-order valence-electron chi connectivity index (χ0n) is 12.9. The number of thiophene rings is 1. The number of nitrogens with one attached hydrogen (secondary N) is 1. The maximum atomic E-state index is 13.1. The molecule has 0 bridgehead atoms. The number of carbonyl (C=O) groups is 2. The van der Waals surface area contributed by atoms with Crippen molar-refractivity contribution in [2.75, 3.05) is 7.05 Å². The summed E-state index contributed by atoms with van der Waals surface area (Å²) in [7, 11) is 1.71. The van der Waals surface area contributed by atoms with Gasteiger partial charge >= 0.3 is 0 Å². The van der Waals surface area contributed by atoms with Crippen LogP contribution in [0, 0.1) is 12.7 Å². The van der Waals surface area contributed by atoms with Crippen LogP contribution in [0.4, 0.5) is 4.39 Å². The van der Waals surface area contributed by atoms with Gasteiger partial charge in [-0.3, -0.25) is 9.59 Å². The molecule has 4 nitrogen and oxygen atoms in total. The maximum Gasteiger partial charge on any atom is 0.261 e. The minimum Gasteiger partial charge on any atom is -0.346 e. The summed E-state index contributed by atoms with van der Waals surface area (Å²) in [6, 6.07) is 7.33. The minimum absolute atomic E-state index is 0.0347. The van der Waals surface area contributed by atoms with Gasteiger partial charge in [-0.1, -0.05) is 12.1 Å². The number of amides is 2. The van der Waals surface area contributed by atoms with Gasteiger partial charge in [-0.15, -0.1) is 11.3 Å². The van der Waals surface area contributed by atoms with Gasteiger partial charge in [0, 0.05) is 13.5 Å². The normalized spacial score (nSPS) is 20.8. The molecule has 0 aliphatic carbocycles. The molecule has 1 aromatic heterocycles. The molecule has 0 spiro atoms. The Labute approximate surface area is 137 Å². The van der Waals surface area contributed by atoms with E-state index in [4.69, 9.17) is 0 Å². The zero-order valence-corrected chi connectivity index (χ0v) is 13.7. The number of aryl methyl sites for hydroxylation is 1. The highest BCUT2D eigenvalue weighted by Crippen LogP contribution is 2.32. The van der Waals surface area contributed by atoms with E-state index in [0.717, 1.165) is 11.1 Å². The van der Waals surface area contributed by atoms with Gasteiger partial charge in [0.05, 0.1) is 17.0 Å². The number of hydrogen-bond acceptors (Lipinski definition) is 3. The SMILES string of the molecule is Cc1ccsc1C(=O)N[C@H]1CC(=O)N(C)[C@@H]1c1ccc(F)cc1. The van der Waals surface area contributed by atoms with E-state index in [0.29, 0.717) is 4.88 Å². The number of carbonyl (C=O) groups excluding carboxylic acids is 2. The van der Waals surface area contributed by atoms with Crippen molar-refractivity contribution in [1.29, 1.82) is 0 Å². The first-order chi connectivity index (χ1) is 11.0. The van der Waals surface area contributed by atoms with Gasteiger partial charge in [0.2, 0.25) is 5.91 Å². The number of rotatable bonds is 3. The van der Waals surface area contributed by atoms with Crippen molar-refractivity contribution in [3.05, 3.63) is 57.5 Å². The average Bonchev–Trinajstić information content (AvgIpc) is 3.05. The second-order valence-corrected chi connectivity index (χ2v) is 6.63. The van der Waals surface area contributed by atoms with Crippen LogP contribution >= 0.6 is 11.3 Å². The van der Waals surface area contributed by atoms with Crippen molar-refractivity contribution in [2.45, 2.75) is 25.4 Å². The number of benzene rings is 1. The largest absolute Gasteiger partial charge is 0.346 e. The fourth-order valence-corrected chi connectivity index (χ4v) is 3.78. The molecule has 120 valence electrons. The number of likely N-dealkylation sites (tertiary alicyclic amines) is 1. The van der Waals surface area contributed by atoms with E-state index < -0.39 is 0 Å². The summed E-state index contributed by atoms with van der Waals surface area (Å²) < 4.78 is 13.1. The Bertz CT molecular complexity index is 741. The molecule has 1 saturated heterocycles. The molecule has 2 amide bonds. The van der Waals surface area contributed by atoms with Crippen LogP contribution in [0.1, 0.15) is 33.3 Å². The highest BCUT2D eigenvalue weighted by molar-refractivity contribution is 7.12. The molecule has 1 aromatic carbocycles. The van der Waals surface area contributed by atoms with E-state index in [2.05, 4.69) is 5.32 Å². The van der Waals surface area contributed by atoms with Gasteiger partial charge in [0.25, 0.3) is 5.91 Å². The molecule has 23 heavy (non-hydrogen) atoms. The number of likely N-dealkylation sites (N-methyl/N-ethyl adjacent to an activating group) is 1. The van der Waals surface area contributed by atoms with Crippen LogP contribution in [0.15, 0.2) is 35.7 Å². The first kappa shape index (κ1) is 15.7. The Balaban J connectivity index is 1.85. The third kappa shape index (κ3) is 2.99. The average molecular weight is 332 g/mol. The van der Waals surface area contributed by atoms with Gasteiger partial charge in [-0.05, 0) is 41.6 Å². The summed E-state index contributed by atoms with van der Waals surface area (Å²) in [5.41, 5.74) is 1.73. The summed E-state index contributed by atoms with van der Waals surface area (Å²) in [5, 5.41) is 4.83. The van der Waals surface area contributed by atoms with Crippen LogP contribution in [-0.2, 0) is 4.79 Å². The van der Waals surface area contributed by atoms with Gasteiger partial charge in [-0.2, -0.15) is 0 Å². The van der Waals surface area contributed by atoms with E-state index in [1.807, 2.05) is 18.4 Å². The number of nitrogens with zero attached hydrogens (tertiary/aromatic N) is 1.